The molecule has 1 amide bonds. The number of allylic oxidation sites excluding steroid dienone is 1. The summed E-state index contributed by atoms with van der Waals surface area (Å²) >= 11 is 0. The zero-order valence-electron chi connectivity index (χ0n) is 21.3. The van der Waals surface area contributed by atoms with Crippen LogP contribution in [0.4, 0.5) is 5.82 Å². The van der Waals surface area contributed by atoms with Crippen molar-refractivity contribution in [1.29, 1.82) is 0 Å². The van der Waals surface area contributed by atoms with Crippen molar-refractivity contribution in [1.82, 2.24) is 9.78 Å². The van der Waals surface area contributed by atoms with Crippen LogP contribution in [0.5, 0.6) is 0 Å². The summed E-state index contributed by atoms with van der Waals surface area (Å²) < 4.78 is 1.58. The Morgan fingerprint density at radius 1 is 1.03 bits per heavy atom. The van der Waals surface area contributed by atoms with Crippen molar-refractivity contribution in [2.45, 2.75) is 84.6 Å². The lowest BCUT2D eigenvalue weighted by Crippen LogP contribution is -2.43. The Hall–Kier alpha value is -2.89. The number of rotatable bonds is 7. The highest BCUT2D eigenvalue weighted by Crippen LogP contribution is 2.33. The first kappa shape index (κ1) is 25.2. The van der Waals surface area contributed by atoms with Crippen LogP contribution in [0.2, 0.25) is 0 Å². The van der Waals surface area contributed by atoms with Gasteiger partial charge in [-0.05, 0) is 81.9 Å². The van der Waals surface area contributed by atoms with Gasteiger partial charge in [-0.3, -0.25) is 9.69 Å². The van der Waals surface area contributed by atoms with Gasteiger partial charge in [0.2, 0.25) is 5.91 Å². The first-order valence-electron chi connectivity index (χ1n) is 13.3. The van der Waals surface area contributed by atoms with Crippen LogP contribution in [0.15, 0.2) is 36.5 Å². The molecule has 6 heteroatoms. The third kappa shape index (κ3) is 6.03. The van der Waals surface area contributed by atoms with Crippen LogP contribution in [-0.2, 0) is 4.79 Å². The minimum absolute atomic E-state index is 0.0113. The zero-order chi connectivity index (χ0) is 24.9. The third-order valence-electron chi connectivity index (χ3n) is 7.64. The maximum atomic E-state index is 13.5. The number of carboxylic acid groups (broad SMARTS) is 1. The summed E-state index contributed by atoms with van der Waals surface area (Å²) in [5.41, 5.74) is 1.95. The summed E-state index contributed by atoms with van der Waals surface area (Å²) in [6.45, 7) is 6.06. The fourth-order valence-electron chi connectivity index (χ4n) is 5.45. The molecule has 1 heterocycles. The lowest BCUT2D eigenvalue weighted by atomic mass is 9.82. The van der Waals surface area contributed by atoms with E-state index in [9.17, 15) is 14.7 Å². The Balaban J connectivity index is 1.57. The summed E-state index contributed by atoms with van der Waals surface area (Å²) in [7, 11) is 0. The second kappa shape index (κ2) is 11.2. The maximum absolute atomic E-state index is 13.5. The quantitative estimate of drug-likeness (QED) is 0.480. The first-order valence-corrected chi connectivity index (χ1v) is 13.3. The Morgan fingerprint density at radius 2 is 1.69 bits per heavy atom. The highest BCUT2D eigenvalue weighted by Gasteiger charge is 2.34. The molecule has 2 aromatic rings. The molecular weight excluding hydrogens is 438 g/mol. The number of aromatic nitrogens is 2. The van der Waals surface area contributed by atoms with E-state index >= 15 is 0 Å². The standard InChI is InChI=1S/C29H39N3O3/c1-20(2)32(28(33)24-15-9-21(3)10-16-24)27-26(29(34)35)19-31(30-27)25-17-13-23(14-18-25)12-11-22-7-5-4-6-8-22/h11-14,17-22,24H,4-10,15-16H2,1-3H3,(H,34,35). The Morgan fingerprint density at radius 3 is 2.29 bits per heavy atom. The molecule has 0 saturated heterocycles. The highest BCUT2D eigenvalue weighted by atomic mass is 16.4. The molecule has 1 aromatic carbocycles. The number of carbonyl (C=O) groups excluding carboxylic acids is 1. The maximum Gasteiger partial charge on any atom is 0.341 e. The smallest absolute Gasteiger partial charge is 0.341 e. The van der Waals surface area contributed by atoms with Crippen molar-refractivity contribution >= 4 is 23.8 Å². The molecule has 35 heavy (non-hydrogen) atoms. The number of anilines is 1. The molecule has 0 atom stereocenters. The number of amides is 1. The van der Waals surface area contributed by atoms with Crippen LogP contribution in [-0.4, -0.2) is 32.8 Å². The summed E-state index contributed by atoms with van der Waals surface area (Å²) in [4.78, 5) is 27.2. The van der Waals surface area contributed by atoms with Gasteiger partial charge in [0.1, 0.15) is 5.56 Å². The van der Waals surface area contributed by atoms with E-state index in [1.165, 1.54) is 38.3 Å². The van der Waals surface area contributed by atoms with Crippen molar-refractivity contribution in [2.75, 3.05) is 4.90 Å². The van der Waals surface area contributed by atoms with Gasteiger partial charge in [-0.2, -0.15) is 0 Å². The van der Waals surface area contributed by atoms with Crippen molar-refractivity contribution < 1.29 is 14.7 Å². The summed E-state index contributed by atoms with van der Waals surface area (Å²) in [6.07, 6.45) is 16.3. The Labute approximate surface area is 209 Å². The van der Waals surface area contributed by atoms with Gasteiger partial charge in [0, 0.05) is 18.2 Å². The molecule has 1 aromatic heterocycles. The molecule has 0 bridgehead atoms. The summed E-state index contributed by atoms with van der Waals surface area (Å²) in [5, 5.41) is 14.5. The number of carboxylic acids is 1. The lowest BCUT2D eigenvalue weighted by Gasteiger charge is -2.32. The average Bonchev–Trinajstić information content (AvgIpc) is 3.29. The molecule has 2 aliphatic carbocycles. The Kier molecular flexibility index (Phi) is 8.09. The van der Waals surface area contributed by atoms with Gasteiger partial charge in [-0.15, -0.1) is 5.10 Å². The van der Waals surface area contributed by atoms with E-state index in [1.54, 1.807) is 9.58 Å². The van der Waals surface area contributed by atoms with E-state index < -0.39 is 5.97 Å². The minimum Gasteiger partial charge on any atom is -0.477 e. The van der Waals surface area contributed by atoms with Gasteiger partial charge < -0.3 is 5.11 Å². The molecule has 2 saturated carbocycles. The molecular formula is C29H39N3O3. The highest BCUT2D eigenvalue weighted by molar-refractivity contribution is 6.01. The average molecular weight is 478 g/mol. The predicted molar refractivity (Wildman–Crippen MR) is 140 cm³/mol. The van der Waals surface area contributed by atoms with E-state index in [-0.39, 0.29) is 29.2 Å². The fraction of sp³-hybridized carbons (Fsp3) is 0.552. The zero-order valence-corrected chi connectivity index (χ0v) is 21.3. The van der Waals surface area contributed by atoms with E-state index in [4.69, 9.17) is 0 Å². The van der Waals surface area contributed by atoms with E-state index in [0.29, 0.717) is 11.8 Å². The van der Waals surface area contributed by atoms with Gasteiger partial charge in [0.25, 0.3) is 0 Å². The summed E-state index contributed by atoms with van der Waals surface area (Å²) in [6, 6.07) is 7.78. The normalized spacial score (nSPS) is 21.5. The van der Waals surface area contributed by atoms with Crippen LogP contribution in [0.1, 0.15) is 94.5 Å². The van der Waals surface area contributed by atoms with Crippen LogP contribution in [0.25, 0.3) is 11.8 Å². The fourth-order valence-corrected chi connectivity index (χ4v) is 5.45. The number of nitrogens with zero attached hydrogens (tertiary/aromatic N) is 3. The van der Waals surface area contributed by atoms with Crippen molar-refractivity contribution in [2.24, 2.45) is 17.8 Å². The molecule has 6 nitrogen and oxygen atoms in total. The molecule has 1 N–H and O–H groups in total. The molecule has 188 valence electrons. The van der Waals surface area contributed by atoms with E-state index in [1.807, 2.05) is 38.1 Å². The molecule has 0 radical (unpaired) electrons. The van der Waals surface area contributed by atoms with Crippen LogP contribution >= 0.6 is 0 Å². The lowest BCUT2D eigenvalue weighted by molar-refractivity contribution is -0.123. The largest absolute Gasteiger partial charge is 0.477 e. The molecule has 2 fully saturated rings. The number of hydrogen-bond acceptors (Lipinski definition) is 3. The number of hydrogen-bond donors (Lipinski definition) is 1. The summed E-state index contributed by atoms with van der Waals surface area (Å²) in [5.74, 6) is 0.382. The van der Waals surface area contributed by atoms with E-state index in [2.05, 4.69) is 24.2 Å². The van der Waals surface area contributed by atoms with Crippen LogP contribution in [0.3, 0.4) is 0 Å². The molecule has 0 aliphatic heterocycles. The molecule has 0 unspecified atom stereocenters. The number of aromatic carboxylic acids is 1. The van der Waals surface area contributed by atoms with Crippen molar-refractivity contribution in [3.63, 3.8) is 0 Å². The van der Waals surface area contributed by atoms with Crippen LogP contribution < -0.4 is 4.90 Å². The molecule has 0 spiro atoms. The van der Waals surface area contributed by atoms with Crippen molar-refractivity contribution in [3.8, 4) is 5.69 Å². The molecule has 4 rings (SSSR count). The first-order chi connectivity index (χ1) is 16.8. The number of benzene rings is 1. The van der Waals surface area contributed by atoms with Gasteiger partial charge >= 0.3 is 5.97 Å². The van der Waals surface area contributed by atoms with Gasteiger partial charge in [0.15, 0.2) is 5.82 Å². The second-order valence-corrected chi connectivity index (χ2v) is 10.7. The van der Waals surface area contributed by atoms with Gasteiger partial charge in [0.05, 0.1) is 5.69 Å². The molecule has 2 aliphatic rings. The minimum atomic E-state index is -1.07. The SMILES string of the molecule is CC1CCC(C(=O)N(c2nn(-c3ccc(C=CC4CCCCC4)cc3)cc2C(=O)O)C(C)C)CC1. The van der Waals surface area contributed by atoms with Gasteiger partial charge in [-0.1, -0.05) is 50.5 Å². The van der Waals surface area contributed by atoms with Crippen molar-refractivity contribution in [3.05, 3.63) is 47.7 Å². The predicted octanol–water partition coefficient (Wildman–Crippen LogP) is 6.73. The second-order valence-electron chi connectivity index (χ2n) is 10.7. The third-order valence-corrected chi connectivity index (χ3v) is 7.64. The monoisotopic (exact) mass is 477 g/mol. The number of carbonyl (C=O) groups is 2. The van der Waals surface area contributed by atoms with Crippen LogP contribution in [0, 0.1) is 17.8 Å². The topological polar surface area (TPSA) is 75.4 Å². The van der Waals surface area contributed by atoms with Gasteiger partial charge in [-0.25, -0.2) is 9.48 Å². The Bertz CT molecular complexity index is 1040. The van der Waals surface area contributed by atoms with E-state index in [0.717, 1.165) is 36.9 Å².